The lowest BCUT2D eigenvalue weighted by Gasteiger charge is -2.36. The Labute approximate surface area is 137 Å². The van der Waals surface area contributed by atoms with Crippen LogP contribution in [-0.2, 0) is 0 Å². The molecule has 2 aromatic carbocycles. The van der Waals surface area contributed by atoms with Crippen molar-refractivity contribution in [2.45, 2.75) is 13.8 Å². The van der Waals surface area contributed by atoms with E-state index in [0.29, 0.717) is 13.1 Å². The molecule has 4 nitrogen and oxygen atoms in total. The smallest absolute Gasteiger partial charge is 0.254 e. The Balaban J connectivity index is 1.66. The number of piperazine rings is 1. The number of rotatable bonds is 2. The highest BCUT2D eigenvalue weighted by Gasteiger charge is 2.23. The number of nitrogens with zero attached hydrogens (tertiary/aromatic N) is 2. The van der Waals surface area contributed by atoms with E-state index in [9.17, 15) is 9.90 Å². The maximum absolute atomic E-state index is 12.7. The lowest BCUT2D eigenvalue weighted by molar-refractivity contribution is 0.0746. The van der Waals surface area contributed by atoms with Crippen LogP contribution in [0.1, 0.15) is 21.5 Å². The molecule has 0 aliphatic carbocycles. The van der Waals surface area contributed by atoms with Gasteiger partial charge in [-0.25, -0.2) is 0 Å². The van der Waals surface area contributed by atoms with Crippen LogP contribution >= 0.6 is 0 Å². The van der Waals surface area contributed by atoms with E-state index in [2.05, 4.69) is 11.0 Å². The zero-order chi connectivity index (χ0) is 16.4. The van der Waals surface area contributed by atoms with Crippen molar-refractivity contribution in [3.8, 4) is 5.75 Å². The van der Waals surface area contributed by atoms with Crippen LogP contribution in [0.3, 0.4) is 0 Å². The van der Waals surface area contributed by atoms with E-state index >= 15 is 0 Å². The van der Waals surface area contributed by atoms with Crippen molar-refractivity contribution < 1.29 is 9.90 Å². The number of aryl methyl sites for hydroxylation is 2. The lowest BCUT2D eigenvalue weighted by Crippen LogP contribution is -2.48. The van der Waals surface area contributed by atoms with Gasteiger partial charge in [0, 0.05) is 37.4 Å². The van der Waals surface area contributed by atoms with Gasteiger partial charge in [-0.2, -0.15) is 0 Å². The number of carbonyl (C=O) groups excluding carboxylic acids is 1. The number of carbonyl (C=O) groups is 1. The summed E-state index contributed by atoms with van der Waals surface area (Å²) in [5.41, 5.74) is 4.10. The van der Waals surface area contributed by atoms with Gasteiger partial charge in [-0.15, -0.1) is 0 Å². The maximum atomic E-state index is 12.7. The van der Waals surface area contributed by atoms with Crippen LogP contribution in [0.25, 0.3) is 0 Å². The third-order valence-electron chi connectivity index (χ3n) is 4.39. The predicted molar refractivity (Wildman–Crippen MR) is 92.1 cm³/mol. The first-order chi connectivity index (χ1) is 11.0. The molecule has 0 saturated carbocycles. The molecule has 3 rings (SSSR count). The van der Waals surface area contributed by atoms with Gasteiger partial charge in [-0.05, 0) is 49.7 Å². The third-order valence-corrected chi connectivity index (χ3v) is 4.39. The molecule has 1 saturated heterocycles. The molecule has 1 aliphatic heterocycles. The van der Waals surface area contributed by atoms with E-state index in [1.165, 1.54) is 5.56 Å². The number of phenolic OH excluding ortho intramolecular Hbond substituents is 1. The van der Waals surface area contributed by atoms with Gasteiger partial charge in [0.05, 0.1) is 0 Å². The average Bonchev–Trinajstić information content (AvgIpc) is 2.55. The molecule has 0 radical (unpaired) electrons. The molecule has 23 heavy (non-hydrogen) atoms. The SMILES string of the molecule is Cc1ccc(C(=O)N2CCN(c3ccc(O)cc3)CC2)c(C)c1. The second-order valence-electron chi connectivity index (χ2n) is 6.11. The molecule has 2 aromatic rings. The zero-order valence-corrected chi connectivity index (χ0v) is 13.6. The Morgan fingerprint density at radius 1 is 0.957 bits per heavy atom. The summed E-state index contributed by atoms with van der Waals surface area (Å²) in [5, 5.41) is 9.37. The quantitative estimate of drug-likeness (QED) is 0.927. The van der Waals surface area contributed by atoms with E-state index in [4.69, 9.17) is 0 Å². The van der Waals surface area contributed by atoms with Crippen molar-refractivity contribution in [3.05, 3.63) is 59.2 Å². The Morgan fingerprint density at radius 2 is 1.61 bits per heavy atom. The van der Waals surface area contributed by atoms with Crippen LogP contribution in [0, 0.1) is 13.8 Å². The van der Waals surface area contributed by atoms with E-state index in [-0.39, 0.29) is 11.7 Å². The fourth-order valence-corrected chi connectivity index (χ4v) is 3.06. The first-order valence-corrected chi connectivity index (χ1v) is 7.95. The van der Waals surface area contributed by atoms with Gasteiger partial charge in [0.15, 0.2) is 0 Å². The number of anilines is 1. The Kier molecular flexibility index (Phi) is 4.24. The van der Waals surface area contributed by atoms with Gasteiger partial charge in [-0.1, -0.05) is 17.7 Å². The Hall–Kier alpha value is -2.49. The van der Waals surface area contributed by atoms with Crippen molar-refractivity contribution in [2.75, 3.05) is 31.1 Å². The zero-order valence-electron chi connectivity index (χ0n) is 13.6. The fourth-order valence-electron chi connectivity index (χ4n) is 3.06. The number of benzene rings is 2. The molecule has 0 spiro atoms. The van der Waals surface area contributed by atoms with E-state index in [0.717, 1.165) is 29.9 Å². The summed E-state index contributed by atoms with van der Waals surface area (Å²) in [6, 6.07) is 13.2. The standard InChI is InChI=1S/C19H22N2O2/c1-14-3-8-18(15(2)13-14)19(23)21-11-9-20(10-12-21)16-4-6-17(22)7-5-16/h3-8,13,22H,9-12H2,1-2H3. The summed E-state index contributed by atoms with van der Waals surface area (Å²) in [5.74, 6) is 0.394. The number of phenols is 1. The fraction of sp³-hybridized carbons (Fsp3) is 0.316. The minimum atomic E-state index is 0.118. The number of amides is 1. The van der Waals surface area contributed by atoms with Crippen LogP contribution < -0.4 is 4.90 Å². The number of hydrogen-bond acceptors (Lipinski definition) is 3. The normalized spacial score (nSPS) is 14.9. The van der Waals surface area contributed by atoms with E-state index < -0.39 is 0 Å². The molecule has 1 fully saturated rings. The summed E-state index contributed by atoms with van der Waals surface area (Å²) < 4.78 is 0. The van der Waals surface area contributed by atoms with Gasteiger partial charge in [0.25, 0.3) is 5.91 Å². The monoisotopic (exact) mass is 310 g/mol. The Morgan fingerprint density at radius 3 is 2.22 bits per heavy atom. The van der Waals surface area contributed by atoms with Crippen molar-refractivity contribution in [2.24, 2.45) is 0 Å². The largest absolute Gasteiger partial charge is 0.508 e. The van der Waals surface area contributed by atoms with Gasteiger partial charge < -0.3 is 14.9 Å². The van der Waals surface area contributed by atoms with Gasteiger partial charge >= 0.3 is 0 Å². The van der Waals surface area contributed by atoms with Crippen LogP contribution in [0.4, 0.5) is 5.69 Å². The molecule has 4 heteroatoms. The van der Waals surface area contributed by atoms with E-state index in [1.54, 1.807) is 12.1 Å². The summed E-state index contributed by atoms with van der Waals surface area (Å²) in [4.78, 5) is 16.9. The predicted octanol–water partition coefficient (Wildman–Crippen LogP) is 2.97. The van der Waals surface area contributed by atoms with Gasteiger partial charge in [-0.3, -0.25) is 4.79 Å². The summed E-state index contributed by atoms with van der Waals surface area (Å²) in [7, 11) is 0. The molecular weight excluding hydrogens is 288 g/mol. The molecule has 1 aliphatic rings. The van der Waals surface area contributed by atoms with Crippen LogP contribution in [0.2, 0.25) is 0 Å². The molecule has 1 amide bonds. The molecule has 120 valence electrons. The highest BCUT2D eigenvalue weighted by molar-refractivity contribution is 5.95. The van der Waals surface area contributed by atoms with Crippen LogP contribution in [0.15, 0.2) is 42.5 Å². The van der Waals surface area contributed by atoms with Crippen molar-refractivity contribution >= 4 is 11.6 Å². The molecule has 1 N–H and O–H groups in total. The highest BCUT2D eigenvalue weighted by atomic mass is 16.3. The second-order valence-corrected chi connectivity index (χ2v) is 6.11. The summed E-state index contributed by atoms with van der Waals surface area (Å²) >= 11 is 0. The topological polar surface area (TPSA) is 43.8 Å². The summed E-state index contributed by atoms with van der Waals surface area (Å²) in [6.45, 7) is 7.08. The molecule has 0 aromatic heterocycles. The first kappa shape index (κ1) is 15.4. The van der Waals surface area contributed by atoms with Gasteiger partial charge in [0.1, 0.15) is 5.75 Å². The number of hydrogen-bond donors (Lipinski definition) is 1. The first-order valence-electron chi connectivity index (χ1n) is 7.95. The lowest BCUT2D eigenvalue weighted by atomic mass is 10.0. The molecule has 1 heterocycles. The molecular formula is C19H22N2O2. The third kappa shape index (κ3) is 3.31. The Bertz CT molecular complexity index is 702. The summed E-state index contributed by atoms with van der Waals surface area (Å²) in [6.07, 6.45) is 0. The maximum Gasteiger partial charge on any atom is 0.254 e. The van der Waals surface area contributed by atoms with Crippen molar-refractivity contribution in [3.63, 3.8) is 0 Å². The average molecular weight is 310 g/mol. The second kappa shape index (κ2) is 6.32. The van der Waals surface area contributed by atoms with Crippen LogP contribution in [0.5, 0.6) is 5.75 Å². The number of aromatic hydroxyl groups is 1. The molecule has 0 unspecified atom stereocenters. The van der Waals surface area contributed by atoms with E-state index in [1.807, 2.05) is 43.0 Å². The molecule has 0 bridgehead atoms. The minimum absolute atomic E-state index is 0.118. The van der Waals surface area contributed by atoms with Crippen molar-refractivity contribution in [1.82, 2.24) is 4.90 Å². The molecule has 0 atom stereocenters. The van der Waals surface area contributed by atoms with Crippen LogP contribution in [-0.4, -0.2) is 42.1 Å². The van der Waals surface area contributed by atoms with Gasteiger partial charge in [0.2, 0.25) is 0 Å². The highest BCUT2D eigenvalue weighted by Crippen LogP contribution is 2.21. The van der Waals surface area contributed by atoms with Crippen molar-refractivity contribution in [1.29, 1.82) is 0 Å². The minimum Gasteiger partial charge on any atom is -0.508 e.